The molecule has 0 aliphatic carbocycles. The average molecular weight is 455 g/mol. The minimum atomic E-state index is -0.192. The summed E-state index contributed by atoms with van der Waals surface area (Å²) in [5, 5.41) is 4.17. The maximum atomic E-state index is 13.0. The molecule has 6 heteroatoms. The second kappa shape index (κ2) is 9.69. The number of aromatic nitrogens is 2. The third kappa shape index (κ3) is 4.29. The predicted octanol–water partition coefficient (Wildman–Crippen LogP) is 5.71. The number of pyridine rings is 1. The monoisotopic (exact) mass is 454 g/mol. The fourth-order valence-corrected chi connectivity index (χ4v) is 5.04. The number of likely N-dealkylation sites (tertiary alicyclic amines) is 1. The van der Waals surface area contributed by atoms with Crippen molar-refractivity contribution < 1.29 is 9.53 Å². The van der Waals surface area contributed by atoms with Crippen LogP contribution >= 0.6 is 0 Å². The Hall–Kier alpha value is -3.64. The van der Waals surface area contributed by atoms with Gasteiger partial charge in [0.15, 0.2) is 0 Å². The van der Waals surface area contributed by atoms with Crippen LogP contribution in [0.4, 0.5) is 5.69 Å². The van der Waals surface area contributed by atoms with E-state index < -0.39 is 0 Å². The molecule has 3 heterocycles. The molecule has 0 radical (unpaired) electrons. The highest BCUT2D eigenvalue weighted by Crippen LogP contribution is 2.37. The van der Waals surface area contributed by atoms with Gasteiger partial charge in [0.05, 0.1) is 24.4 Å². The van der Waals surface area contributed by atoms with Crippen molar-refractivity contribution in [3.05, 3.63) is 89.4 Å². The number of amides is 1. The Bertz CT molecular complexity index is 1290. The van der Waals surface area contributed by atoms with Gasteiger partial charge < -0.3 is 15.0 Å². The van der Waals surface area contributed by atoms with Crippen LogP contribution < -0.4 is 10.1 Å². The molecule has 5 rings (SSSR count). The number of H-pyrrole nitrogens is 1. The molecule has 174 valence electrons. The van der Waals surface area contributed by atoms with Gasteiger partial charge in [0, 0.05) is 34.0 Å². The summed E-state index contributed by atoms with van der Waals surface area (Å²) in [4.78, 5) is 23.9. The van der Waals surface area contributed by atoms with Crippen molar-refractivity contribution in [3.63, 3.8) is 0 Å². The molecule has 2 aromatic heterocycles. The van der Waals surface area contributed by atoms with Crippen LogP contribution in [0.1, 0.15) is 52.6 Å². The number of carbonyl (C=O) groups excluding carboxylic acids is 1. The maximum absolute atomic E-state index is 13.0. The van der Waals surface area contributed by atoms with Gasteiger partial charge in [-0.3, -0.25) is 14.7 Å². The summed E-state index contributed by atoms with van der Waals surface area (Å²) in [6.45, 7) is 4.23. The van der Waals surface area contributed by atoms with Gasteiger partial charge in [-0.25, -0.2) is 0 Å². The van der Waals surface area contributed by atoms with E-state index in [0.717, 1.165) is 41.1 Å². The fraction of sp³-hybridized carbons (Fsp3) is 0.286. The standard InChI is InChI=1S/C28H30N4O2/c1-19-26(27(24-11-6-7-15-29-24)32-16-8-3-9-17-32)22-18-20(13-14-23(22)30-19)31-28(33)21-10-4-5-12-25(21)34-2/h4-7,10-15,18,27,30H,3,8-9,16-17H2,1-2H3,(H,31,33)/t27-/m1/s1. The summed E-state index contributed by atoms with van der Waals surface area (Å²) >= 11 is 0. The maximum Gasteiger partial charge on any atom is 0.259 e. The van der Waals surface area contributed by atoms with Crippen LogP contribution in [0.5, 0.6) is 5.75 Å². The lowest BCUT2D eigenvalue weighted by molar-refractivity contribution is 0.102. The topological polar surface area (TPSA) is 70.2 Å². The second-order valence-corrected chi connectivity index (χ2v) is 8.83. The summed E-state index contributed by atoms with van der Waals surface area (Å²) in [6.07, 6.45) is 5.54. The molecule has 1 atom stereocenters. The van der Waals surface area contributed by atoms with Crippen molar-refractivity contribution in [3.8, 4) is 5.75 Å². The average Bonchev–Trinajstić information content (AvgIpc) is 3.20. The van der Waals surface area contributed by atoms with Crippen LogP contribution in [0.25, 0.3) is 10.9 Å². The van der Waals surface area contributed by atoms with Crippen molar-refractivity contribution in [2.45, 2.75) is 32.2 Å². The van der Waals surface area contributed by atoms with Crippen molar-refractivity contribution in [1.82, 2.24) is 14.9 Å². The van der Waals surface area contributed by atoms with E-state index in [1.807, 2.05) is 36.5 Å². The first kappa shape index (κ1) is 22.2. The molecule has 34 heavy (non-hydrogen) atoms. The van der Waals surface area contributed by atoms with Gasteiger partial charge in [-0.2, -0.15) is 0 Å². The first-order valence-corrected chi connectivity index (χ1v) is 11.9. The smallest absolute Gasteiger partial charge is 0.259 e. The van der Waals surface area contributed by atoms with Gasteiger partial charge in [0.25, 0.3) is 5.91 Å². The molecular formula is C28H30N4O2. The van der Waals surface area contributed by atoms with Gasteiger partial charge in [-0.05, 0) is 75.3 Å². The molecule has 1 aliphatic rings. The first-order valence-electron chi connectivity index (χ1n) is 11.9. The highest BCUT2D eigenvalue weighted by atomic mass is 16.5. The molecule has 2 N–H and O–H groups in total. The Kier molecular flexibility index (Phi) is 6.32. The Labute approximate surface area is 200 Å². The first-order chi connectivity index (χ1) is 16.7. The number of hydrogen-bond acceptors (Lipinski definition) is 4. The van der Waals surface area contributed by atoms with Gasteiger partial charge in [-0.15, -0.1) is 0 Å². The quantitative estimate of drug-likeness (QED) is 0.392. The second-order valence-electron chi connectivity index (χ2n) is 8.83. The van der Waals surface area contributed by atoms with E-state index in [4.69, 9.17) is 9.72 Å². The molecule has 6 nitrogen and oxygen atoms in total. The van der Waals surface area contributed by atoms with Crippen molar-refractivity contribution >= 4 is 22.5 Å². The van der Waals surface area contributed by atoms with E-state index in [1.54, 1.807) is 19.2 Å². The summed E-state index contributed by atoms with van der Waals surface area (Å²) in [6, 6.07) is 19.5. The lowest BCUT2D eigenvalue weighted by atomic mass is 9.95. The summed E-state index contributed by atoms with van der Waals surface area (Å²) in [5.41, 5.74) is 5.73. The van der Waals surface area contributed by atoms with Gasteiger partial charge in [-0.1, -0.05) is 24.6 Å². The van der Waals surface area contributed by atoms with E-state index >= 15 is 0 Å². The highest BCUT2D eigenvalue weighted by molar-refractivity contribution is 6.07. The highest BCUT2D eigenvalue weighted by Gasteiger charge is 2.29. The molecule has 0 spiro atoms. The molecular weight excluding hydrogens is 424 g/mol. The van der Waals surface area contributed by atoms with Crippen LogP contribution in [-0.4, -0.2) is 41.0 Å². The molecule has 0 bridgehead atoms. The summed E-state index contributed by atoms with van der Waals surface area (Å²) in [7, 11) is 1.57. The van der Waals surface area contributed by atoms with Crippen molar-refractivity contribution in [2.75, 3.05) is 25.5 Å². The molecule has 4 aromatic rings. The number of benzene rings is 2. The number of methoxy groups -OCH3 is 1. The largest absolute Gasteiger partial charge is 0.496 e. The number of anilines is 1. The number of fused-ring (bicyclic) bond motifs is 1. The van der Waals surface area contributed by atoms with Gasteiger partial charge >= 0.3 is 0 Å². The van der Waals surface area contributed by atoms with Gasteiger partial charge in [0.2, 0.25) is 0 Å². The number of nitrogens with zero attached hydrogens (tertiary/aromatic N) is 2. The number of piperidine rings is 1. The molecule has 1 amide bonds. The molecule has 0 saturated carbocycles. The molecule has 1 saturated heterocycles. The normalized spacial score (nSPS) is 15.2. The third-order valence-corrected chi connectivity index (χ3v) is 6.64. The number of rotatable bonds is 6. The summed E-state index contributed by atoms with van der Waals surface area (Å²) in [5.74, 6) is 0.363. The zero-order valence-corrected chi connectivity index (χ0v) is 19.7. The van der Waals surface area contributed by atoms with E-state index in [2.05, 4.69) is 40.3 Å². The predicted molar refractivity (Wildman–Crippen MR) is 135 cm³/mol. The van der Waals surface area contributed by atoms with Crippen LogP contribution in [0.15, 0.2) is 66.9 Å². The molecule has 2 aromatic carbocycles. The number of ether oxygens (including phenoxy) is 1. The minimum absolute atomic E-state index is 0.0652. The molecule has 1 aliphatic heterocycles. The lowest BCUT2D eigenvalue weighted by Gasteiger charge is -2.34. The minimum Gasteiger partial charge on any atom is -0.496 e. The number of nitrogens with one attached hydrogen (secondary N) is 2. The van der Waals surface area contributed by atoms with Crippen LogP contribution in [0, 0.1) is 6.92 Å². The number of carbonyl (C=O) groups is 1. The van der Waals surface area contributed by atoms with Crippen molar-refractivity contribution in [2.24, 2.45) is 0 Å². The Morgan fingerprint density at radius 1 is 1.06 bits per heavy atom. The lowest BCUT2D eigenvalue weighted by Crippen LogP contribution is -2.35. The van der Waals surface area contributed by atoms with Gasteiger partial charge in [0.1, 0.15) is 5.75 Å². The van der Waals surface area contributed by atoms with E-state index in [1.165, 1.54) is 24.8 Å². The van der Waals surface area contributed by atoms with Crippen molar-refractivity contribution in [1.29, 1.82) is 0 Å². The van der Waals surface area contributed by atoms with Crippen LogP contribution in [0.3, 0.4) is 0 Å². The number of para-hydroxylation sites is 1. The molecule has 0 unspecified atom stereocenters. The zero-order chi connectivity index (χ0) is 23.5. The number of hydrogen-bond donors (Lipinski definition) is 2. The van der Waals surface area contributed by atoms with E-state index in [9.17, 15) is 4.79 Å². The Balaban J connectivity index is 1.55. The fourth-order valence-electron chi connectivity index (χ4n) is 5.04. The van der Waals surface area contributed by atoms with Crippen LogP contribution in [0.2, 0.25) is 0 Å². The third-order valence-electron chi connectivity index (χ3n) is 6.64. The zero-order valence-electron chi connectivity index (χ0n) is 19.7. The summed E-state index contributed by atoms with van der Waals surface area (Å²) < 4.78 is 5.37. The molecule has 1 fully saturated rings. The van der Waals surface area contributed by atoms with E-state index in [0.29, 0.717) is 11.3 Å². The Morgan fingerprint density at radius 3 is 2.62 bits per heavy atom. The van der Waals surface area contributed by atoms with E-state index in [-0.39, 0.29) is 11.9 Å². The Morgan fingerprint density at radius 2 is 1.85 bits per heavy atom. The number of aryl methyl sites for hydroxylation is 1. The van der Waals surface area contributed by atoms with Crippen LogP contribution in [-0.2, 0) is 0 Å². The number of aromatic amines is 1. The SMILES string of the molecule is COc1ccccc1C(=O)Nc1ccc2[nH]c(C)c([C@@H](c3ccccn3)N3CCCCC3)c2c1.